The second kappa shape index (κ2) is 10.1. The highest BCUT2D eigenvalue weighted by Gasteiger charge is 2.09. The molecule has 0 bridgehead atoms. The van der Waals surface area contributed by atoms with Crippen molar-refractivity contribution in [3.05, 3.63) is 101 Å². The summed E-state index contributed by atoms with van der Waals surface area (Å²) in [4.78, 5) is 0. The van der Waals surface area contributed by atoms with E-state index in [-0.39, 0.29) is 23.0 Å². The van der Waals surface area contributed by atoms with E-state index in [0.717, 1.165) is 29.5 Å². The first-order valence-electron chi connectivity index (χ1n) is 11.0. The highest BCUT2D eigenvalue weighted by molar-refractivity contribution is 5.51. The third-order valence-electron chi connectivity index (χ3n) is 5.58. The zero-order valence-electron chi connectivity index (χ0n) is 18.5. The third-order valence-corrected chi connectivity index (χ3v) is 5.58. The molecule has 0 atom stereocenters. The topological polar surface area (TPSA) is 110 Å². The lowest BCUT2D eigenvalue weighted by Crippen LogP contribution is -1.94. The minimum absolute atomic E-state index is 0.134. The summed E-state index contributed by atoms with van der Waals surface area (Å²) in [6.07, 6.45) is 2.75. The van der Waals surface area contributed by atoms with Gasteiger partial charge in [-0.3, -0.25) is 0 Å². The second-order valence-electron chi connectivity index (χ2n) is 8.23. The summed E-state index contributed by atoms with van der Waals surface area (Å²) >= 11 is 0. The molecule has 0 spiro atoms. The molecule has 0 saturated heterocycles. The fraction of sp³-hybridized carbons (Fsp3) is 0.143. The SMILES string of the molecule is Oc1ccc(CCc2cc(O)cc(Oc3ccc(CCc4cc(O)c(O)c(O)c4)cc3)c2)cc1. The van der Waals surface area contributed by atoms with Gasteiger partial charge in [-0.05, 0) is 96.5 Å². The Morgan fingerprint density at radius 3 is 1.53 bits per heavy atom. The van der Waals surface area contributed by atoms with Crippen LogP contribution in [0.25, 0.3) is 0 Å². The fourth-order valence-corrected chi connectivity index (χ4v) is 3.75. The third kappa shape index (κ3) is 5.92. The largest absolute Gasteiger partial charge is 0.508 e. The number of hydrogen-bond acceptors (Lipinski definition) is 6. The molecule has 5 N–H and O–H groups in total. The van der Waals surface area contributed by atoms with Gasteiger partial charge in [-0.25, -0.2) is 0 Å². The number of aryl methyl sites for hydroxylation is 4. The van der Waals surface area contributed by atoms with Gasteiger partial charge >= 0.3 is 0 Å². The molecule has 4 aromatic carbocycles. The molecule has 174 valence electrons. The Morgan fingerprint density at radius 1 is 0.441 bits per heavy atom. The van der Waals surface area contributed by atoms with Gasteiger partial charge in [0, 0.05) is 6.07 Å². The molecule has 0 aliphatic heterocycles. The lowest BCUT2D eigenvalue weighted by Gasteiger charge is -2.10. The van der Waals surface area contributed by atoms with Crippen molar-refractivity contribution in [1.82, 2.24) is 0 Å². The molecule has 0 amide bonds. The molecule has 0 heterocycles. The Kier molecular flexibility index (Phi) is 6.78. The van der Waals surface area contributed by atoms with Crippen LogP contribution in [0.4, 0.5) is 0 Å². The van der Waals surface area contributed by atoms with Crippen LogP contribution in [0.2, 0.25) is 0 Å². The average Bonchev–Trinajstić information content (AvgIpc) is 2.81. The Hall–Kier alpha value is -4.32. The molecule has 0 saturated carbocycles. The lowest BCUT2D eigenvalue weighted by molar-refractivity contribution is 0.367. The molecule has 6 nitrogen and oxygen atoms in total. The molecule has 0 unspecified atom stereocenters. The van der Waals surface area contributed by atoms with Gasteiger partial charge in [0.2, 0.25) is 0 Å². The molecule has 34 heavy (non-hydrogen) atoms. The average molecular weight is 459 g/mol. The van der Waals surface area contributed by atoms with Crippen LogP contribution in [0.15, 0.2) is 78.9 Å². The van der Waals surface area contributed by atoms with Gasteiger partial charge in [0.1, 0.15) is 23.0 Å². The number of benzene rings is 4. The first-order valence-corrected chi connectivity index (χ1v) is 11.0. The van der Waals surface area contributed by atoms with E-state index in [1.807, 2.05) is 42.5 Å². The van der Waals surface area contributed by atoms with Crippen LogP contribution in [0, 0.1) is 0 Å². The van der Waals surface area contributed by atoms with Crippen molar-refractivity contribution < 1.29 is 30.3 Å². The minimum atomic E-state index is -0.513. The summed E-state index contributed by atoms with van der Waals surface area (Å²) in [6, 6.07) is 22.7. The number of phenolic OH excluding ortho intramolecular Hbond substituents is 5. The molecule has 6 heteroatoms. The van der Waals surface area contributed by atoms with Crippen LogP contribution in [-0.2, 0) is 25.7 Å². The maximum atomic E-state index is 10.1. The number of aromatic hydroxyl groups is 5. The smallest absolute Gasteiger partial charge is 0.200 e. The minimum Gasteiger partial charge on any atom is -0.508 e. The summed E-state index contributed by atoms with van der Waals surface area (Å²) < 4.78 is 5.94. The van der Waals surface area contributed by atoms with Crippen molar-refractivity contribution in [2.24, 2.45) is 0 Å². The van der Waals surface area contributed by atoms with Gasteiger partial charge in [0.15, 0.2) is 17.2 Å². The molecular weight excluding hydrogens is 432 g/mol. The summed E-state index contributed by atoms with van der Waals surface area (Å²) in [6.45, 7) is 0. The molecule has 4 aromatic rings. The Morgan fingerprint density at radius 2 is 0.941 bits per heavy atom. The fourth-order valence-electron chi connectivity index (χ4n) is 3.75. The highest BCUT2D eigenvalue weighted by Crippen LogP contribution is 2.35. The Bertz CT molecular complexity index is 1240. The maximum absolute atomic E-state index is 10.1. The first-order chi connectivity index (χ1) is 16.4. The van der Waals surface area contributed by atoms with E-state index in [1.165, 1.54) is 12.1 Å². The van der Waals surface area contributed by atoms with Crippen LogP contribution in [0.1, 0.15) is 22.3 Å². The maximum Gasteiger partial charge on any atom is 0.200 e. The van der Waals surface area contributed by atoms with Crippen LogP contribution in [0.5, 0.6) is 40.2 Å². The predicted molar refractivity (Wildman–Crippen MR) is 129 cm³/mol. The van der Waals surface area contributed by atoms with E-state index in [0.29, 0.717) is 29.9 Å². The van der Waals surface area contributed by atoms with Crippen molar-refractivity contribution >= 4 is 0 Å². The van der Waals surface area contributed by atoms with Gasteiger partial charge in [0.25, 0.3) is 0 Å². The standard InChI is InChI=1S/C28H26O6/c29-22-9-5-18(6-10-22)1-3-20-13-23(30)17-25(14-20)34-24-11-7-19(8-12-24)2-4-21-15-26(31)28(33)27(32)16-21/h5-17,29-33H,1-4H2. The highest BCUT2D eigenvalue weighted by atomic mass is 16.5. The van der Waals surface area contributed by atoms with E-state index in [4.69, 9.17) is 4.74 Å². The van der Waals surface area contributed by atoms with Crippen LogP contribution < -0.4 is 4.74 Å². The molecule has 0 fully saturated rings. The molecule has 0 aromatic heterocycles. The van der Waals surface area contributed by atoms with E-state index in [1.54, 1.807) is 24.3 Å². The second-order valence-corrected chi connectivity index (χ2v) is 8.23. The molecule has 4 rings (SSSR count). The van der Waals surface area contributed by atoms with Crippen LogP contribution >= 0.6 is 0 Å². The van der Waals surface area contributed by atoms with Crippen molar-refractivity contribution in [3.63, 3.8) is 0 Å². The van der Waals surface area contributed by atoms with E-state index < -0.39 is 5.75 Å². The predicted octanol–water partition coefficient (Wildman–Crippen LogP) is 5.58. The first kappa shape index (κ1) is 22.9. The quantitative estimate of drug-likeness (QED) is 0.221. The van der Waals surface area contributed by atoms with Crippen LogP contribution in [-0.4, -0.2) is 25.5 Å². The monoisotopic (exact) mass is 458 g/mol. The number of ether oxygens (including phenoxy) is 1. The Labute approximate surface area is 197 Å². The summed E-state index contributed by atoms with van der Waals surface area (Å²) in [5.74, 6) is 0.361. The number of hydrogen-bond donors (Lipinski definition) is 5. The van der Waals surface area contributed by atoms with E-state index in [2.05, 4.69) is 0 Å². The summed E-state index contributed by atoms with van der Waals surface area (Å²) in [5, 5.41) is 48.3. The van der Waals surface area contributed by atoms with E-state index >= 15 is 0 Å². The Balaban J connectivity index is 1.36. The van der Waals surface area contributed by atoms with Crippen molar-refractivity contribution in [2.45, 2.75) is 25.7 Å². The van der Waals surface area contributed by atoms with Gasteiger partial charge < -0.3 is 30.3 Å². The molecule has 0 aliphatic rings. The van der Waals surface area contributed by atoms with Gasteiger partial charge in [-0.15, -0.1) is 0 Å². The molecule has 0 aliphatic carbocycles. The lowest BCUT2D eigenvalue weighted by atomic mass is 10.0. The van der Waals surface area contributed by atoms with Gasteiger partial charge in [-0.2, -0.15) is 0 Å². The van der Waals surface area contributed by atoms with E-state index in [9.17, 15) is 25.5 Å². The summed E-state index contributed by atoms with van der Waals surface area (Å²) in [7, 11) is 0. The number of rotatable bonds is 8. The van der Waals surface area contributed by atoms with Gasteiger partial charge in [-0.1, -0.05) is 24.3 Å². The zero-order valence-corrected chi connectivity index (χ0v) is 18.5. The van der Waals surface area contributed by atoms with Crippen LogP contribution in [0.3, 0.4) is 0 Å². The molecule has 0 radical (unpaired) electrons. The van der Waals surface area contributed by atoms with Crippen molar-refractivity contribution in [2.75, 3.05) is 0 Å². The zero-order chi connectivity index (χ0) is 24.1. The normalized spacial score (nSPS) is 10.8. The number of phenols is 5. The summed E-state index contributed by atoms with van der Waals surface area (Å²) in [5.41, 5.74) is 3.80. The molecular formula is C28H26O6. The van der Waals surface area contributed by atoms with Crippen molar-refractivity contribution in [1.29, 1.82) is 0 Å². The van der Waals surface area contributed by atoms with Crippen molar-refractivity contribution in [3.8, 4) is 40.2 Å². The van der Waals surface area contributed by atoms with Gasteiger partial charge in [0.05, 0.1) is 0 Å².